The van der Waals surface area contributed by atoms with Crippen molar-refractivity contribution in [3.63, 3.8) is 0 Å². The van der Waals surface area contributed by atoms with Crippen LogP contribution in [0.1, 0.15) is 65.5 Å². The van der Waals surface area contributed by atoms with Crippen LogP contribution in [-0.4, -0.2) is 36.2 Å². The number of nitrogens with one attached hydrogen (secondary N) is 1. The molecule has 0 aliphatic carbocycles. The summed E-state index contributed by atoms with van der Waals surface area (Å²) < 4.78 is 11.3. The average molecular weight is 378 g/mol. The molecule has 152 valence electrons. The molecule has 0 fully saturated rings. The van der Waals surface area contributed by atoms with Crippen LogP contribution in [0, 0.1) is 12.8 Å². The molecule has 1 aromatic rings. The first-order valence-electron chi connectivity index (χ1n) is 9.52. The van der Waals surface area contributed by atoms with Gasteiger partial charge in [-0.25, -0.2) is 4.79 Å². The third kappa shape index (κ3) is 7.71. The van der Waals surface area contributed by atoms with Gasteiger partial charge in [-0.05, 0) is 53.0 Å². The van der Waals surface area contributed by atoms with Gasteiger partial charge in [-0.15, -0.1) is 0 Å². The van der Waals surface area contributed by atoms with Crippen molar-refractivity contribution in [2.45, 2.75) is 78.6 Å². The van der Waals surface area contributed by atoms with Gasteiger partial charge in [-0.2, -0.15) is 0 Å². The van der Waals surface area contributed by atoms with E-state index in [0.717, 1.165) is 0 Å². The first-order chi connectivity index (χ1) is 12.4. The topological polar surface area (TPSA) is 64.6 Å². The Balaban J connectivity index is 2.81. The standard InChI is InChI=1S/C22H35NO4/c1-15(2)19(18-11-9-10-16(3)12-18)17(4)26-14-22(8,13-24)23-20(25)27-21(5,6)7/h9-13,15,17,19H,14H2,1-8H3,(H,23,25)/t17-,19+,22+/m0/s1. The normalized spacial score (nSPS) is 16.3. The molecule has 27 heavy (non-hydrogen) atoms. The number of alkyl carbamates (subject to hydrolysis) is 1. The quantitative estimate of drug-likeness (QED) is 0.671. The predicted octanol–water partition coefficient (Wildman–Crippen LogP) is 4.62. The molecule has 0 aromatic heterocycles. The Hall–Kier alpha value is -1.88. The smallest absolute Gasteiger partial charge is 0.408 e. The fraction of sp³-hybridized carbons (Fsp3) is 0.636. The maximum atomic E-state index is 12.0. The van der Waals surface area contributed by atoms with Gasteiger partial charge in [0.25, 0.3) is 0 Å². The number of amides is 1. The Bertz CT molecular complexity index is 635. The van der Waals surface area contributed by atoms with Gasteiger partial charge in [0.15, 0.2) is 0 Å². The van der Waals surface area contributed by atoms with Crippen LogP contribution in [0.3, 0.4) is 0 Å². The highest BCUT2D eigenvalue weighted by molar-refractivity contribution is 5.76. The molecule has 0 heterocycles. The highest BCUT2D eigenvalue weighted by Gasteiger charge is 2.32. The summed E-state index contributed by atoms with van der Waals surface area (Å²) in [7, 11) is 0. The maximum absolute atomic E-state index is 12.0. The number of aldehydes is 1. The van der Waals surface area contributed by atoms with Crippen LogP contribution in [0.4, 0.5) is 4.79 Å². The number of rotatable bonds is 8. The minimum Gasteiger partial charge on any atom is -0.444 e. The second-order valence-electron chi connectivity index (χ2n) is 8.86. The highest BCUT2D eigenvalue weighted by Crippen LogP contribution is 2.30. The van der Waals surface area contributed by atoms with Crippen molar-refractivity contribution in [3.05, 3.63) is 35.4 Å². The second-order valence-corrected chi connectivity index (χ2v) is 8.86. The summed E-state index contributed by atoms with van der Waals surface area (Å²) in [5, 5.41) is 2.62. The first-order valence-corrected chi connectivity index (χ1v) is 9.52. The molecule has 1 rings (SSSR count). The Morgan fingerprint density at radius 2 is 1.81 bits per heavy atom. The Morgan fingerprint density at radius 1 is 1.19 bits per heavy atom. The van der Waals surface area contributed by atoms with Crippen molar-refractivity contribution in [1.29, 1.82) is 0 Å². The summed E-state index contributed by atoms with van der Waals surface area (Å²) in [6.45, 7) is 15.4. The molecule has 0 bridgehead atoms. The fourth-order valence-corrected chi connectivity index (χ4v) is 3.12. The maximum Gasteiger partial charge on any atom is 0.408 e. The van der Waals surface area contributed by atoms with Crippen LogP contribution >= 0.6 is 0 Å². The molecular formula is C22H35NO4. The molecule has 0 unspecified atom stereocenters. The van der Waals surface area contributed by atoms with Crippen molar-refractivity contribution in [1.82, 2.24) is 5.32 Å². The van der Waals surface area contributed by atoms with Gasteiger partial charge < -0.3 is 19.6 Å². The molecule has 0 saturated carbocycles. The monoisotopic (exact) mass is 377 g/mol. The van der Waals surface area contributed by atoms with E-state index in [0.29, 0.717) is 12.2 Å². The number of hydrogen-bond donors (Lipinski definition) is 1. The largest absolute Gasteiger partial charge is 0.444 e. The van der Waals surface area contributed by atoms with Gasteiger partial charge in [-0.1, -0.05) is 43.7 Å². The molecule has 1 N–H and O–H groups in total. The Morgan fingerprint density at radius 3 is 2.30 bits per heavy atom. The van der Waals surface area contributed by atoms with Gasteiger partial charge in [0.1, 0.15) is 17.4 Å². The SMILES string of the molecule is Cc1cccc([C@H](C(C)C)[C@H](C)OC[C@@](C)(C=O)NC(=O)OC(C)(C)C)c1. The lowest BCUT2D eigenvalue weighted by Gasteiger charge is -2.32. The van der Waals surface area contributed by atoms with Crippen LogP contribution in [0.15, 0.2) is 24.3 Å². The van der Waals surface area contributed by atoms with Gasteiger partial charge >= 0.3 is 6.09 Å². The highest BCUT2D eigenvalue weighted by atomic mass is 16.6. The van der Waals surface area contributed by atoms with Crippen molar-refractivity contribution < 1.29 is 19.1 Å². The number of ether oxygens (including phenoxy) is 2. The lowest BCUT2D eigenvalue weighted by Crippen LogP contribution is -2.53. The predicted molar refractivity (Wildman–Crippen MR) is 108 cm³/mol. The lowest BCUT2D eigenvalue weighted by atomic mass is 9.84. The molecule has 0 saturated heterocycles. The van der Waals surface area contributed by atoms with Crippen molar-refractivity contribution in [2.75, 3.05) is 6.61 Å². The molecule has 5 nitrogen and oxygen atoms in total. The lowest BCUT2D eigenvalue weighted by molar-refractivity contribution is -0.116. The van der Waals surface area contributed by atoms with Crippen LogP contribution in [0.2, 0.25) is 0 Å². The van der Waals surface area contributed by atoms with E-state index in [1.165, 1.54) is 11.1 Å². The summed E-state index contributed by atoms with van der Waals surface area (Å²) >= 11 is 0. The molecular weight excluding hydrogens is 342 g/mol. The summed E-state index contributed by atoms with van der Waals surface area (Å²) in [5.74, 6) is 0.547. The van der Waals surface area contributed by atoms with Crippen LogP contribution in [0.5, 0.6) is 0 Å². The summed E-state index contributed by atoms with van der Waals surface area (Å²) in [4.78, 5) is 23.6. The zero-order valence-electron chi connectivity index (χ0n) is 18.0. The molecule has 1 amide bonds. The molecule has 0 radical (unpaired) electrons. The van der Waals surface area contributed by atoms with E-state index in [4.69, 9.17) is 9.47 Å². The van der Waals surface area contributed by atoms with Crippen molar-refractivity contribution in [3.8, 4) is 0 Å². The minimum atomic E-state index is -1.15. The molecule has 3 atom stereocenters. The minimum absolute atomic E-state index is 0.0753. The van der Waals surface area contributed by atoms with Crippen molar-refractivity contribution in [2.24, 2.45) is 5.92 Å². The van der Waals surface area contributed by atoms with Gasteiger partial charge in [0.05, 0.1) is 12.7 Å². The molecule has 0 spiro atoms. The Labute approximate surface area is 163 Å². The fourth-order valence-electron chi connectivity index (χ4n) is 3.12. The van der Waals surface area contributed by atoms with E-state index >= 15 is 0 Å². The number of aryl methyl sites for hydroxylation is 1. The van der Waals surface area contributed by atoms with Gasteiger partial charge in [0, 0.05) is 5.92 Å². The third-order valence-electron chi connectivity index (χ3n) is 4.34. The summed E-state index contributed by atoms with van der Waals surface area (Å²) in [5.41, 5.74) is 0.640. The number of hydrogen-bond acceptors (Lipinski definition) is 4. The van der Waals surface area contributed by atoms with E-state index in [9.17, 15) is 9.59 Å². The molecule has 1 aromatic carbocycles. The van der Waals surface area contributed by atoms with E-state index in [2.05, 4.69) is 44.3 Å². The van der Waals surface area contributed by atoms with Crippen LogP contribution in [0.25, 0.3) is 0 Å². The number of carbonyl (C=O) groups is 2. The number of benzene rings is 1. The third-order valence-corrected chi connectivity index (χ3v) is 4.34. The van der Waals surface area contributed by atoms with Gasteiger partial charge in [0.2, 0.25) is 0 Å². The van der Waals surface area contributed by atoms with Crippen LogP contribution in [-0.2, 0) is 14.3 Å². The van der Waals surface area contributed by atoms with Crippen LogP contribution < -0.4 is 5.32 Å². The zero-order chi connectivity index (χ0) is 20.8. The van der Waals surface area contributed by atoms with E-state index in [1.807, 2.05) is 13.0 Å². The second kappa shape index (κ2) is 9.36. The zero-order valence-corrected chi connectivity index (χ0v) is 18.0. The van der Waals surface area contributed by atoms with Gasteiger partial charge in [-0.3, -0.25) is 0 Å². The first kappa shape index (κ1) is 23.2. The average Bonchev–Trinajstić information content (AvgIpc) is 2.51. The molecule has 5 heteroatoms. The van der Waals surface area contributed by atoms with Crippen molar-refractivity contribution >= 4 is 12.4 Å². The summed E-state index contributed by atoms with van der Waals surface area (Å²) in [6, 6.07) is 8.39. The number of carbonyl (C=O) groups excluding carboxylic acids is 2. The van der Waals surface area contributed by atoms with E-state index < -0.39 is 17.2 Å². The van der Waals surface area contributed by atoms with E-state index in [-0.39, 0.29) is 18.6 Å². The molecule has 0 aliphatic rings. The Kier molecular flexibility index (Phi) is 8.03. The van der Waals surface area contributed by atoms with E-state index in [1.54, 1.807) is 27.7 Å². The summed E-state index contributed by atoms with van der Waals surface area (Å²) in [6.07, 6.45) is -0.0558. The molecule has 0 aliphatic heterocycles.